The molecule has 1 aromatic carbocycles. The van der Waals surface area contributed by atoms with Crippen molar-refractivity contribution in [3.05, 3.63) is 59.1 Å². The van der Waals surface area contributed by atoms with E-state index in [2.05, 4.69) is 34.2 Å². The van der Waals surface area contributed by atoms with E-state index in [0.717, 1.165) is 43.7 Å². The number of amides is 1. The van der Waals surface area contributed by atoms with E-state index < -0.39 is 0 Å². The van der Waals surface area contributed by atoms with Gasteiger partial charge < -0.3 is 9.47 Å². The van der Waals surface area contributed by atoms with Crippen LogP contribution in [-0.2, 0) is 6.54 Å². The number of nitrogens with zero attached hydrogens (tertiary/aromatic N) is 2. The molecule has 22 heavy (non-hydrogen) atoms. The Kier molecular flexibility index (Phi) is 3.47. The number of hydrogen-bond donors (Lipinski definition) is 0. The van der Waals surface area contributed by atoms with Gasteiger partial charge in [0.15, 0.2) is 0 Å². The summed E-state index contributed by atoms with van der Waals surface area (Å²) in [4.78, 5) is 14.8. The Hall–Kier alpha value is -2.07. The Morgan fingerprint density at radius 2 is 1.86 bits per heavy atom. The van der Waals surface area contributed by atoms with E-state index in [1.165, 1.54) is 10.3 Å². The Balaban J connectivity index is 1.75. The summed E-state index contributed by atoms with van der Waals surface area (Å²) >= 11 is 1.70. The molecule has 0 saturated carbocycles. The van der Waals surface area contributed by atoms with Crippen LogP contribution in [0.3, 0.4) is 0 Å². The van der Waals surface area contributed by atoms with Crippen molar-refractivity contribution in [2.24, 2.45) is 0 Å². The number of aromatic nitrogens is 1. The van der Waals surface area contributed by atoms with Gasteiger partial charge in [-0.25, -0.2) is 0 Å². The molecule has 3 aromatic rings. The van der Waals surface area contributed by atoms with E-state index in [9.17, 15) is 4.79 Å². The van der Waals surface area contributed by atoms with Gasteiger partial charge in [-0.1, -0.05) is 30.3 Å². The summed E-state index contributed by atoms with van der Waals surface area (Å²) in [6.07, 6.45) is 2.25. The number of thiophene rings is 1. The molecule has 1 saturated heterocycles. The van der Waals surface area contributed by atoms with Gasteiger partial charge in [0.2, 0.25) is 0 Å². The average Bonchev–Trinajstić information content (AvgIpc) is 3.26. The third kappa shape index (κ3) is 2.33. The molecule has 1 aliphatic rings. The molecule has 112 valence electrons. The minimum atomic E-state index is 0.178. The standard InChI is InChI=1S/C18H18N2OS/c21-18(19-9-4-5-10-19)16-12-17-15(8-11-22-17)20(16)13-14-6-2-1-3-7-14/h1-3,6-8,11-12H,4-5,9-10,13H2. The lowest BCUT2D eigenvalue weighted by molar-refractivity contribution is 0.0783. The molecular weight excluding hydrogens is 292 g/mol. The highest BCUT2D eigenvalue weighted by Crippen LogP contribution is 2.27. The zero-order valence-electron chi connectivity index (χ0n) is 12.4. The molecule has 1 aliphatic heterocycles. The quantitative estimate of drug-likeness (QED) is 0.718. The first-order valence-corrected chi connectivity index (χ1v) is 8.61. The Morgan fingerprint density at radius 3 is 2.64 bits per heavy atom. The van der Waals surface area contributed by atoms with E-state index in [4.69, 9.17) is 0 Å². The summed E-state index contributed by atoms with van der Waals surface area (Å²) in [6, 6.07) is 14.5. The van der Waals surface area contributed by atoms with Crippen LogP contribution in [0.15, 0.2) is 47.8 Å². The fraction of sp³-hybridized carbons (Fsp3) is 0.278. The maximum Gasteiger partial charge on any atom is 0.270 e. The SMILES string of the molecule is O=C(c1cc2sccc2n1Cc1ccccc1)N1CCCC1. The van der Waals surface area contributed by atoms with Crippen LogP contribution in [0.5, 0.6) is 0 Å². The normalized spacial score (nSPS) is 14.8. The number of carbonyl (C=O) groups is 1. The topological polar surface area (TPSA) is 25.2 Å². The van der Waals surface area contributed by atoms with Crippen molar-refractivity contribution in [2.75, 3.05) is 13.1 Å². The molecule has 3 heterocycles. The average molecular weight is 310 g/mol. The number of carbonyl (C=O) groups excluding carboxylic acids is 1. The fourth-order valence-corrected chi connectivity index (χ4v) is 4.00. The first-order chi connectivity index (χ1) is 10.8. The van der Waals surface area contributed by atoms with Crippen molar-refractivity contribution in [3.8, 4) is 0 Å². The largest absolute Gasteiger partial charge is 0.337 e. The maximum atomic E-state index is 12.8. The number of likely N-dealkylation sites (tertiary alicyclic amines) is 1. The van der Waals surface area contributed by atoms with Crippen LogP contribution in [0.2, 0.25) is 0 Å². The Bertz CT molecular complexity index is 797. The zero-order chi connectivity index (χ0) is 14.9. The molecule has 3 nitrogen and oxygen atoms in total. The van der Waals surface area contributed by atoms with E-state index in [1.54, 1.807) is 11.3 Å². The van der Waals surface area contributed by atoms with Gasteiger partial charge in [-0.05, 0) is 35.9 Å². The number of rotatable bonds is 3. The molecule has 1 fully saturated rings. The van der Waals surface area contributed by atoms with Crippen molar-refractivity contribution in [1.82, 2.24) is 9.47 Å². The van der Waals surface area contributed by atoms with Crippen molar-refractivity contribution in [3.63, 3.8) is 0 Å². The van der Waals surface area contributed by atoms with Gasteiger partial charge in [-0.3, -0.25) is 4.79 Å². The molecule has 4 rings (SSSR count). The van der Waals surface area contributed by atoms with E-state index in [1.807, 2.05) is 23.1 Å². The Labute approximate surface area is 133 Å². The van der Waals surface area contributed by atoms with Gasteiger partial charge in [-0.15, -0.1) is 11.3 Å². The van der Waals surface area contributed by atoms with Gasteiger partial charge in [0.1, 0.15) is 5.69 Å². The second-order valence-corrected chi connectivity index (χ2v) is 6.72. The third-order valence-electron chi connectivity index (χ3n) is 4.32. The summed E-state index contributed by atoms with van der Waals surface area (Å²) < 4.78 is 3.36. The molecule has 0 bridgehead atoms. The van der Waals surface area contributed by atoms with Crippen molar-refractivity contribution in [2.45, 2.75) is 19.4 Å². The monoisotopic (exact) mass is 310 g/mol. The maximum absolute atomic E-state index is 12.8. The highest BCUT2D eigenvalue weighted by atomic mass is 32.1. The van der Waals surface area contributed by atoms with Gasteiger partial charge >= 0.3 is 0 Å². The van der Waals surface area contributed by atoms with Crippen LogP contribution in [0, 0.1) is 0 Å². The van der Waals surface area contributed by atoms with Crippen LogP contribution in [0.1, 0.15) is 28.9 Å². The highest BCUT2D eigenvalue weighted by molar-refractivity contribution is 7.17. The molecule has 0 atom stereocenters. The van der Waals surface area contributed by atoms with Crippen LogP contribution in [0.4, 0.5) is 0 Å². The first kappa shape index (κ1) is 13.6. The minimum Gasteiger partial charge on any atom is -0.337 e. The van der Waals surface area contributed by atoms with Crippen LogP contribution in [-0.4, -0.2) is 28.5 Å². The second-order valence-electron chi connectivity index (χ2n) is 5.77. The van der Waals surface area contributed by atoms with Crippen LogP contribution < -0.4 is 0 Å². The van der Waals surface area contributed by atoms with Gasteiger partial charge in [0, 0.05) is 19.6 Å². The number of fused-ring (bicyclic) bond motifs is 1. The molecule has 4 heteroatoms. The highest BCUT2D eigenvalue weighted by Gasteiger charge is 2.24. The van der Waals surface area contributed by atoms with Gasteiger partial charge in [-0.2, -0.15) is 0 Å². The lowest BCUT2D eigenvalue weighted by atomic mass is 10.2. The van der Waals surface area contributed by atoms with E-state index >= 15 is 0 Å². The molecule has 0 unspecified atom stereocenters. The molecule has 0 N–H and O–H groups in total. The van der Waals surface area contributed by atoms with E-state index in [0.29, 0.717) is 0 Å². The smallest absolute Gasteiger partial charge is 0.270 e. The summed E-state index contributed by atoms with van der Waals surface area (Å²) in [5, 5.41) is 2.09. The van der Waals surface area contributed by atoms with Gasteiger partial charge in [0.25, 0.3) is 5.91 Å². The molecular formula is C18H18N2OS. The number of hydrogen-bond acceptors (Lipinski definition) is 2. The first-order valence-electron chi connectivity index (χ1n) is 7.73. The summed E-state index contributed by atoms with van der Waals surface area (Å²) in [5.74, 6) is 0.178. The molecule has 0 radical (unpaired) electrons. The van der Waals surface area contributed by atoms with Crippen LogP contribution in [0.25, 0.3) is 10.2 Å². The number of benzene rings is 1. The molecule has 0 spiro atoms. The van der Waals surface area contributed by atoms with Crippen molar-refractivity contribution < 1.29 is 4.79 Å². The van der Waals surface area contributed by atoms with E-state index in [-0.39, 0.29) is 5.91 Å². The molecule has 0 aliphatic carbocycles. The van der Waals surface area contributed by atoms with Crippen molar-refractivity contribution in [1.29, 1.82) is 0 Å². The predicted octanol–water partition coefficient (Wildman–Crippen LogP) is 3.99. The zero-order valence-corrected chi connectivity index (χ0v) is 13.2. The molecule has 1 amide bonds. The summed E-state index contributed by atoms with van der Waals surface area (Å²) in [6.45, 7) is 2.53. The van der Waals surface area contributed by atoms with Gasteiger partial charge in [0.05, 0.1) is 10.2 Å². The third-order valence-corrected chi connectivity index (χ3v) is 5.17. The second kappa shape index (κ2) is 5.61. The van der Waals surface area contributed by atoms with Crippen molar-refractivity contribution >= 4 is 27.5 Å². The predicted molar refractivity (Wildman–Crippen MR) is 90.5 cm³/mol. The molecule has 2 aromatic heterocycles. The summed E-state index contributed by atoms with van der Waals surface area (Å²) in [5.41, 5.74) is 3.21. The van der Waals surface area contributed by atoms with Crippen LogP contribution >= 0.6 is 11.3 Å². The lowest BCUT2D eigenvalue weighted by Gasteiger charge is -2.17. The fourth-order valence-electron chi connectivity index (χ4n) is 3.17. The summed E-state index contributed by atoms with van der Waals surface area (Å²) in [7, 11) is 0. The lowest BCUT2D eigenvalue weighted by Crippen LogP contribution is -2.29. The minimum absolute atomic E-state index is 0.178. The Morgan fingerprint density at radius 1 is 1.09 bits per heavy atom.